The molecule has 0 spiro atoms. The number of hydrogen-bond donors (Lipinski definition) is 0. The molecule has 0 aliphatic carbocycles. The number of aryl methyl sites for hydroxylation is 1. The van der Waals surface area contributed by atoms with Crippen LogP contribution in [0.2, 0.25) is 0 Å². The fraction of sp³-hybridized carbons (Fsp3) is 0.278. The normalized spacial score (nSPS) is 17.6. The van der Waals surface area contributed by atoms with Crippen LogP contribution in [-0.4, -0.2) is 32.7 Å². The first-order valence-corrected chi connectivity index (χ1v) is 8.93. The lowest BCUT2D eigenvalue weighted by Gasteiger charge is -2.24. The number of imidazole rings is 1. The van der Waals surface area contributed by atoms with Crippen molar-refractivity contribution < 1.29 is 4.79 Å². The minimum Gasteiger partial charge on any atom is -0.318 e. The van der Waals surface area contributed by atoms with Crippen LogP contribution in [0.25, 0.3) is 11.2 Å². The molecule has 1 amide bonds. The number of nitrogens with zero attached hydrogens (tertiary/aromatic N) is 4. The zero-order chi connectivity index (χ0) is 16.7. The predicted octanol–water partition coefficient (Wildman–Crippen LogP) is 3.36. The van der Waals surface area contributed by atoms with Crippen LogP contribution < -0.4 is 4.90 Å². The van der Waals surface area contributed by atoms with E-state index in [2.05, 4.69) is 23.0 Å². The Morgan fingerprint density at radius 3 is 3.00 bits per heavy atom. The molecule has 24 heavy (non-hydrogen) atoms. The van der Waals surface area contributed by atoms with Gasteiger partial charge in [-0.15, -0.1) is 11.8 Å². The number of hydrogen-bond acceptors (Lipinski definition) is 4. The molecular weight excluding hydrogens is 320 g/mol. The van der Waals surface area contributed by atoms with Gasteiger partial charge in [-0.3, -0.25) is 4.79 Å². The van der Waals surface area contributed by atoms with Gasteiger partial charge in [-0.1, -0.05) is 19.1 Å². The van der Waals surface area contributed by atoms with Gasteiger partial charge in [-0.05, 0) is 24.1 Å². The average molecular weight is 338 g/mol. The lowest BCUT2D eigenvalue weighted by atomic mass is 10.1. The van der Waals surface area contributed by atoms with Crippen molar-refractivity contribution >= 4 is 34.5 Å². The number of amides is 1. The minimum absolute atomic E-state index is 0.0168. The van der Waals surface area contributed by atoms with Gasteiger partial charge in [0.05, 0.1) is 17.6 Å². The van der Waals surface area contributed by atoms with Gasteiger partial charge in [0.1, 0.15) is 5.52 Å². The van der Waals surface area contributed by atoms with Gasteiger partial charge in [0.2, 0.25) is 0 Å². The van der Waals surface area contributed by atoms with Crippen molar-refractivity contribution in [3.63, 3.8) is 0 Å². The Labute approximate surface area is 144 Å². The van der Waals surface area contributed by atoms with E-state index in [-0.39, 0.29) is 5.91 Å². The van der Waals surface area contributed by atoms with Crippen molar-refractivity contribution in [2.75, 3.05) is 17.2 Å². The Hall–Kier alpha value is -2.34. The summed E-state index contributed by atoms with van der Waals surface area (Å²) in [5.74, 6) is 1.42. The summed E-state index contributed by atoms with van der Waals surface area (Å²) >= 11 is 1.81. The number of benzene rings is 1. The lowest BCUT2D eigenvalue weighted by molar-refractivity contribution is 0.0983. The number of rotatable bonds is 1. The van der Waals surface area contributed by atoms with Crippen molar-refractivity contribution in [1.82, 2.24) is 14.5 Å². The highest BCUT2D eigenvalue weighted by Crippen LogP contribution is 2.36. The maximum atomic E-state index is 13.2. The van der Waals surface area contributed by atoms with Crippen LogP contribution >= 0.6 is 11.8 Å². The highest BCUT2D eigenvalue weighted by molar-refractivity contribution is 7.99. The quantitative estimate of drug-likeness (QED) is 0.683. The molecule has 1 aliphatic heterocycles. The van der Waals surface area contributed by atoms with Crippen LogP contribution in [0.4, 0.5) is 5.69 Å². The molecular formula is C18H18N4OS. The molecule has 3 heterocycles. The molecule has 0 saturated carbocycles. The van der Waals surface area contributed by atoms with E-state index in [1.807, 2.05) is 52.5 Å². The highest BCUT2D eigenvalue weighted by atomic mass is 32.2. The number of pyridine rings is 1. The summed E-state index contributed by atoms with van der Waals surface area (Å²) in [6.45, 7) is 2.89. The maximum absolute atomic E-state index is 13.2. The second-order valence-electron chi connectivity index (χ2n) is 6.22. The van der Waals surface area contributed by atoms with Crippen LogP contribution in [0.5, 0.6) is 0 Å². The molecule has 1 atom stereocenters. The van der Waals surface area contributed by atoms with Gasteiger partial charge in [0.15, 0.2) is 5.65 Å². The van der Waals surface area contributed by atoms with Gasteiger partial charge < -0.3 is 9.47 Å². The van der Waals surface area contributed by atoms with Crippen molar-refractivity contribution in [1.29, 1.82) is 0 Å². The third-order valence-electron chi connectivity index (χ3n) is 4.22. The number of fused-ring (bicyclic) bond motifs is 2. The second kappa shape index (κ2) is 5.94. The molecule has 2 aromatic heterocycles. The third-order valence-corrected chi connectivity index (χ3v) is 5.61. The highest BCUT2D eigenvalue weighted by Gasteiger charge is 2.26. The van der Waals surface area contributed by atoms with Crippen LogP contribution in [0.1, 0.15) is 17.3 Å². The smallest absolute Gasteiger partial charge is 0.259 e. The number of anilines is 1. The van der Waals surface area contributed by atoms with Gasteiger partial charge in [-0.25, -0.2) is 9.97 Å². The summed E-state index contributed by atoms with van der Waals surface area (Å²) < 4.78 is 1.85. The third kappa shape index (κ3) is 2.57. The molecule has 5 nitrogen and oxygen atoms in total. The molecule has 3 aromatic rings. The van der Waals surface area contributed by atoms with Gasteiger partial charge in [-0.2, -0.15) is 0 Å². The zero-order valence-electron chi connectivity index (χ0n) is 13.6. The standard InChI is InChI=1S/C18H18N4OS/c1-12-9-22(15-5-3-4-6-16(15)24-10-12)18(23)13-7-14-17(19-8-13)21(2)11-20-14/h3-8,11-12H,9-10H2,1-2H3. The van der Waals surface area contributed by atoms with E-state index in [4.69, 9.17) is 0 Å². The Kier molecular flexibility index (Phi) is 3.76. The fourth-order valence-electron chi connectivity index (χ4n) is 2.98. The summed E-state index contributed by atoms with van der Waals surface area (Å²) in [6, 6.07) is 9.93. The zero-order valence-corrected chi connectivity index (χ0v) is 14.5. The molecule has 1 aromatic carbocycles. The number of thioether (sulfide) groups is 1. The SMILES string of the molecule is CC1CSc2ccccc2N(C(=O)c2cnc3c(c2)ncn3C)C1. The summed E-state index contributed by atoms with van der Waals surface area (Å²) in [7, 11) is 1.90. The van der Waals surface area contributed by atoms with E-state index >= 15 is 0 Å². The molecule has 6 heteroatoms. The van der Waals surface area contributed by atoms with Gasteiger partial charge in [0, 0.05) is 30.4 Å². The minimum atomic E-state index is -0.0168. The average Bonchev–Trinajstić information content (AvgIpc) is 2.88. The van der Waals surface area contributed by atoms with Crippen molar-refractivity contribution in [3.8, 4) is 0 Å². The molecule has 1 unspecified atom stereocenters. The second-order valence-corrected chi connectivity index (χ2v) is 7.28. The monoisotopic (exact) mass is 338 g/mol. The molecule has 4 rings (SSSR count). The van der Waals surface area contributed by atoms with E-state index in [0.717, 1.165) is 27.5 Å². The van der Waals surface area contributed by atoms with Crippen LogP contribution in [0.15, 0.2) is 47.8 Å². The summed E-state index contributed by atoms with van der Waals surface area (Å²) in [4.78, 5) is 24.9. The summed E-state index contributed by atoms with van der Waals surface area (Å²) in [5.41, 5.74) is 3.09. The predicted molar refractivity (Wildman–Crippen MR) is 96.5 cm³/mol. The van der Waals surface area contributed by atoms with Crippen LogP contribution in [-0.2, 0) is 7.05 Å². The molecule has 1 aliphatic rings. The maximum Gasteiger partial charge on any atom is 0.259 e. The van der Waals surface area contributed by atoms with E-state index in [0.29, 0.717) is 18.0 Å². The largest absolute Gasteiger partial charge is 0.318 e. The van der Waals surface area contributed by atoms with Gasteiger partial charge in [0.25, 0.3) is 5.91 Å². The fourth-order valence-corrected chi connectivity index (χ4v) is 4.05. The topological polar surface area (TPSA) is 51.0 Å². The summed E-state index contributed by atoms with van der Waals surface area (Å²) in [6.07, 6.45) is 3.36. The van der Waals surface area contributed by atoms with Crippen molar-refractivity contribution in [2.24, 2.45) is 13.0 Å². The van der Waals surface area contributed by atoms with E-state index in [9.17, 15) is 4.79 Å². The number of aromatic nitrogens is 3. The van der Waals surface area contributed by atoms with Gasteiger partial charge >= 0.3 is 0 Å². The first-order chi connectivity index (χ1) is 11.6. The van der Waals surface area contributed by atoms with E-state index < -0.39 is 0 Å². The van der Waals surface area contributed by atoms with Crippen molar-refractivity contribution in [3.05, 3.63) is 48.4 Å². The van der Waals surface area contributed by atoms with Crippen LogP contribution in [0.3, 0.4) is 0 Å². The molecule has 0 saturated heterocycles. The van der Waals surface area contributed by atoms with Crippen LogP contribution in [0, 0.1) is 5.92 Å². The molecule has 0 fully saturated rings. The molecule has 0 N–H and O–H groups in total. The Morgan fingerprint density at radius 2 is 2.12 bits per heavy atom. The molecule has 0 radical (unpaired) electrons. The van der Waals surface area contributed by atoms with E-state index in [1.165, 1.54) is 0 Å². The lowest BCUT2D eigenvalue weighted by Crippen LogP contribution is -2.34. The molecule has 122 valence electrons. The van der Waals surface area contributed by atoms with Crippen molar-refractivity contribution in [2.45, 2.75) is 11.8 Å². The number of carbonyl (C=O) groups is 1. The number of carbonyl (C=O) groups excluding carboxylic acids is 1. The molecule has 0 bridgehead atoms. The Morgan fingerprint density at radius 1 is 1.29 bits per heavy atom. The summed E-state index contributed by atoms with van der Waals surface area (Å²) in [5, 5.41) is 0. The van der Waals surface area contributed by atoms with E-state index in [1.54, 1.807) is 12.5 Å². The number of para-hydroxylation sites is 1. The Balaban J connectivity index is 1.76. The first-order valence-electron chi connectivity index (χ1n) is 7.94. The first kappa shape index (κ1) is 15.2. The Bertz CT molecular complexity index is 920.